The highest BCUT2D eigenvalue weighted by molar-refractivity contribution is 7.98. The molecule has 5 rings (SSSR count). The van der Waals surface area contributed by atoms with Crippen LogP contribution in [0.4, 0.5) is 0 Å². The van der Waals surface area contributed by atoms with Gasteiger partial charge in [0.25, 0.3) is 0 Å². The van der Waals surface area contributed by atoms with Crippen LogP contribution in [0, 0.1) is 0 Å². The van der Waals surface area contributed by atoms with Crippen molar-refractivity contribution >= 4 is 34.7 Å². The number of aromatic nitrogens is 3. The molecule has 2 aromatic heterocycles. The topological polar surface area (TPSA) is 58.4 Å². The van der Waals surface area contributed by atoms with Crippen LogP contribution < -0.4 is 9.47 Å². The van der Waals surface area contributed by atoms with E-state index in [-0.39, 0.29) is 6.10 Å². The lowest BCUT2D eigenvalue weighted by Crippen LogP contribution is -2.16. The molecule has 0 N–H and O–H groups in total. The molecule has 158 valence electrons. The molecule has 0 amide bonds. The first-order valence-electron chi connectivity index (χ1n) is 10.1. The number of benzene rings is 1. The van der Waals surface area contributed by atoms with Crippen molar-refractivity contribution in [3.05, 3.63) is 40.2 Å². The second-order valence-electron chi connectivity index (χ2n) is 7.27. The summed E-state index contributed by atoms with van der Waals surface area (Å²) in [5, 5.41) is 12.5. The first-order valence-corrected chi connectivity index (χ1v) is 12.3. The molecule has 4 heterocycles. The average Bonchev–Trinajstić information content (AvgIpc) is 3.48. The zero-order chi connectivity index (χ0) is 20.3. The molecule has 0 spiro atoms. The summed E-state index contributed by atoms with van der Waals surface area (Å²) < 4.78 is 19.6. The van der Waals surface area contributed by atoms with E-state index in [1.807, 2.05) is 18.2 Å². The van der Waals surface area contributed by atoms with Gasteiger partial charge < -0.3 is 14.2 Å². The molecule has 0 aliphatic carbocycles. The molecule has 0 radical (unpaired) electrons. The van der Waals surface area contributed by atoms with E-state index in [0.29, 0.717) is 29.7 Å². The quantitative estimate of drug-likeness (QED) is 0.463. The number of fused-ring (bicyclic) bond motifs is 1. The molecule has 2 aliphatic heterocycles. The maximum Gasteiger partial charge on any atom is 0.191 e. The minimum absolute atomic E-state index is 0.214. The fraction of sp³-hybridized carbons (Fsp3) is 0.429. The highest BCUT2D eigenvalue weighted by Gasteiger charge is 2.23. The SMILES string of the molecule is Clc1cc(CSc2nnc(-c3cccs3)n2CC2CCCO2)cc2c1OCCCO2. The molecule has 0 saturated carbocycles. The summed E-state index contributed by atoms with van der Waals surface area (Å²) in [6.45, 7) is 2.86. The Labute approximate surface area is 188 Å². The van der Waals surface area contributed by atoms with Crippen LogP contribution in [0.2, 0.25) is 5.02 Å². The standard InChI is InChI=1S/C21H22ClN3O3S2/c22-16-10-14(11-17-19(16)28-8-3-7-27-17)13-30-21-24-23-20(18-5-2-9-29-18)25(21)12-15-4-1-6-26-15/h2,5,9-11,15H,1,3-4,6-8,12-13H2. The summed E-state index contributed by atoms with van der Waals surface area (Å²) in [6, 6.07) is 8.08. The summed E-state index contributed by atoms with van der Waals surface area (Å²) in [6.07, 6.45) is 3.25. The Balaban J connectivity index is 1.38. The molecule has 30 heavy (non-hydrogen) atoms. The number of hydrogen-bond acceptors (Lipinski definition) is 7. The number of rotatable bonds is 6. The first-order chi connectivity index (χ1) is 14.8. The van der Waals surface area contributed by atoms with Gasteiger partial charge in [0.1, 0.15) is 0 Å². The van der Waals surface area contributed by atoms with Crippen LogP contribution in [-0.2, 0) is 17.0 Å². The average molecular weight is 464 g/mol. The van der Waals surface area contributed by atoms with E-state index in [1.54, 1.807) is 23.1 Å². The van der Waals surface area contributed by atoms with Crippen molar-refractivity contribution in [2.45, 2.75) is 42.8 Å². The molecule has 1 fully saturated rings. The zero-order valence-electron chi connectivity index (χ0n) is 16.4. The highest BCUT2D eigenvalue weighted by atomic mass is 35.5. The molecule has 6 nitrogen and oxygen atoms in total. The van der Waals surface area contributed by atoms with Gasteiger partial charge in [-0.25, -0.2) is 0 Å². The van der Waals surface area contributed by atoms with E-state index in [4.69, 9.17) is 25.8 Å². The van der Waals surface area contributed by atoms with Gasteiger partial charge in [-0.1, -0.05) is 29.4 Å². The van der Waals surface area contributed by atoms with Crippen molar-refractivity contribution in [2.24, 2.45) is 0 Å². The maximum absolute atomic E-state index is 6.46. The fourth-order valence-electron chi connectivity index (χ4n) is 3.66. The van der Waals surface area contributed by atoms with Gasteiger partial charge in [-0.15, -0.1) is 21.5 Å². The molecule has 3 aromatic rings. The molecular formula is C21H22ClN3O3S2. The Morgan fingerprint density at radius 2 is 2.10 bits per heavy atom. The van der Waals surface area contributed by atoms with Gasteiger partial charge in [0.2, 0.25) is 0 Å². The summed E-state index contributed by atoms with van der Waals surface area (Å²) in [5.74, 6) is 2.98. The summed E-state index contributed by atoms with van der Waals surface area (Å²) in [4.78, 5) is 1.12. The molecule has 9 heteroatoms. The van der Waals surface area contributed by atoms with Gasteiger partial charge in [0.15, 0.2) is 22.5 Å². The van der Waals surface area contributed by atoms with E-state index in [0.717, 1.165) is 59.6 Å². The Morgan fingerprint density at radius 3 is 2.93 bits per heavy atom. The summed E-state index contributed by atoms with van der Waals surface area (Å²) >= 11 is 9.78. The van der Waals surface area contributed by atoms with Crippen molar-refractivity contribution in [2.75, 3.05) is 19.8 Å². The molecule has 2 aliphatic rings. The van der Waals surface area contributed by atoms with Gasteiger partial charge in [-0.2, -0.15) is 0 Å². The second-order valence-corrected chi connectivity index (χ2v) is 9.57. The second kappa shape index (κ2) is 9.18. The van der Waals surface area contributed by atoms with Gasteiger partial charge in [-0.3, -0.25) is 4.57 Å². The van der Waals surface area contributed by atoms with Gasteiger partial charge >= 0.3 is 0 Å². The molecule has 1 saturated heterocycles. The molecule has 1 aromatic carbocycles. The van der Waals surface area contributed by atoms with Gasteiger partial charge in [0, 0.05) is 18.8 Å². The minimum Gasteiger partial charge on any atom is -0.489 e. The Kier molecular flexibility index (Phi) is 6.17. The number of ether oxygens (including phenoxy) is 3. The number of thioether (sulfide) groups is 1. The largest absolute Gasteiger partial charge is 0.489 e. The predicted octanol–water partition coefficient (Wildman–Crippen LogP) is 5.29. The first kappa shape index (κ1) is 20.2. The lowest BCUT2D eigenvalue weighted by molar-refractivity contribution is 0.0953. The monoisotopic (exact) mass is 463 g/mol. The van der Waals surface area contributed by atoms with Crippen molar-refractivity contribution in [3.8, 4) is 22.2 Å². The van der Waals surface area contributed by atoms with Crippen molar-refractivity contribution in [3.63, 3.8) is 0 Å². The third-order valence-corrected chi connectivity index (χ3v) is 7.28. The van der Waals surface area contributed by atoms with Crippen LogP contribution >= 0.6 is 34.7 Å². The van der Waals surface area contributed by atoms with Crippen LogP contribution in [0.1, 0.15) is 24.8 Å². The predicted molar refractivity (Wildman–Crippen MR) is 119 cm³/mol. The fourth-order valence-corrected chi connectivity index (χ4v) is 5.54. The van der Waals surface area contributed by atoms with E-state index in [9.17, 15) is 0 Å². The molecular weight excluding hydrogens is 442 g/mol. The van der Waals surface area contributed by atoms with Crippen molar-refractivity contribution in [1.82, 2.24) is 14.8 Å². The number of thiophene rings is 1. The third-order valence-electron chi connectivity index (χ3n) is 5.10. The highest BCUT2D eigenvalue weighted by Crippen LogP contribution is 2.39. The van der Waals surface area contributed by atoms with Crippen LogP contribution in [0.25, 0.3) is 10.7 Å². The van der Waals surface area contributed by atoms with E-state index in [1.165, 1.54) is 0 Å². The molecule has 1 unspecified atom stereocenters. The van der Waals surface area contributed by atoms with Crippen LogP contribution in [-0.4, -0.2) is 40.7 Å². The number of nitrogens with zero attached hydrogens (tertiary/aromatic N) is 3. The number of hydrogen-bond donors (Lipinski definition) is 0. The smallest absolute Gasteiger partial charge is 0.191 e. The Morgan fingerprint density at radius 1 is 1.17 bits per heavy atom. The Bertz CT molecular complexity index is 1000. The summed E-state index contributed by atoms with van der Waals surface area (Å²) in [5.41, 5.74) is 1.07. The van der Waals surface area contributed by atoms with Crippen LogP contribution in [0.3, 0.4) is 0 Å². The molecule has 0 bridgehead atoms. The lowest BCUT2D eigenvalue weighted by atomic mass is 10.2. The van der Waals surface area contributed by atoms with Crippen LogP contribution in [0.15, 0.2) is 34.8 Å². The Hall–Kier alpha value is -1.74. The van der Waals surface area contributed by atoms with Crippen molar-refractivity contribution < 1.29 is 14.2 Å². The van der Waals surface area contributed by atoms with Gasteiger partial charge in [0.05, 0.1) is 35.8 Å². The maximum atomic E-state index is 6.46. The van der Waals surface area contributed by atoms with E-state index >= 15 is 0 Å². The lowest BCUT2D eigenvalue weighted by Gasteiger charge is -2.15. The van der Waals surface area contributed by atoms with Gasteiger partial charge in [-0.05, 0) is 42.0 Å². The van der Waals surface area contributed by atoms with Crippen LogP contribution in [0.5, 0.6) is 11.5 Å². The minimum atomic E-state index is 0.214. The third kappa shape index (κ3) is 4.32. The summed E-state index contributed by atoms with van der Waals surface area (Å²) in [7, 11) is 0. The van der Waals surface area contributed by atoms with Crippen molar-refractivity contribution in [1.29, 1.82) is 0 Å². The number of halogens is 1. The molecule has 1 atom stereocenters. The normalized spacial score (nSPS) is 18.5. The van der Waals surface area contributed by atoms with E-state index in [2.05, 4.69) is 26.2 Å². The van der Waals surface area contributed by atoms with E-state index < -0.39 is 0 Å². The zero-order valence-corrected chi connectivity index (χ0v) is 18.8.